The summed E-state index contributed by atoms with van der Waals surface area (Å²) in [5.41, 5.74) is -0.851. The molecule has 21 heteroatoms. The summed E-state index contributed by atoms with van der Waals surface area (Å²) in [6, 6.07) is 6.21. The molecule has 15 nitrogen and oxygen atoms in total. The van der Waals surface area contributed by atoms with Gasteiger partial charge >= 0.3 is 18.0 Å². The number of amides is 7. The fourth-order valence-corrected chi connectivity index (χ4v) is 8.47. The number of carbonyl (C=O) groups is 6. The molecule has 2 aliphatic carbocycles. The van der Waals surface area contributed by atoms with Gasteiger partial charge in [0.25, 0.3) is 11.8 Å². The second-order valence-corrected chi connectivity index (χ2v) is 16.1. The third-order valence-electron chi connectivity index (χ3n) is 11.8. The van der Waals surface area contributed by atoms with Crippen molar-refractivity contribution >= 4 is 71.9 Å². The van der Waals surface area contributed by atoms with E-state index in [0.717, 1.165) is 57.5 Å². The molecule has 0 aromatic heterocycles. The van der Waals surface area contributed by atoms with Gasteiger partial charge in [-0.3, -0.25) is 29.8 Å². The average molecular weight is 904 g/mol. The number of carbonyl (C=O) groups excluding carboxylic acids is 5. The fraction of sp³-hybridized carbons (Fsp3) is 0.550. The number of carboxylic acid groups (broad SMARTS) is 1. The van der Waals surface area contributed by atoms with Crippen molar-refractivity contribution in [2.45, 2.75) is 88.4 Å². The molecular weight excluding hydrogens is 851 g/mol. The van der Waals surface area contributed by atoms with Gasteiger partial charge in [-0.2, -0.15) is 0 Å². The molecule has 8 rings (SSSR count). The number of rotatable bonds is 10. The van der Waals surface area contributed by atoms with E-state index in [4.69, 9.17) is 5.11 Å². The van der Waals surface area contributed by atoms with E-state index in [0.29, 0.717) is 31.0 Å². The first kappa shape index (κ1) is 48.8. The molecule has 336 valence electrons. The van der Waals surface area contributed by atoms with Crippen LogP contribution in [0.4, 0.5) is 38.5 Å². The van der Waals surface area contributed by atoms with Crippen LogP contribution in [0.1, 0.15) is 65.2 Å². The van der Waals surface area contributed by atoms with Crippen LogP contribution in [-0.2, 0) is 19.2 Å². The van der Waals surface area contributed by atoms with Crippen LogP contribution < -0.4 is 36.4 Å². The second-order valence-electron chi connectivity index (χ2n) is 16.1. The number of hydrogen-bond acceptors (Lipinski definition) is 9. The minimum atomic E-state index is -0.973. The van der Waals surface area contributed by atoms with Crippen LogP contribution in [0.5, 0.6) is 0 Å². The molecule has 0 radical (unpaired) electrons. The summed E-state index contributed by atoms with van der Waals surface area (Å²) in [7, 11) is 0. The summed E-state index contributed by atoms with van der Waals surface area (Å²) in [6.45, 7) is 7.72. The zero-order valence-corrected chi connectivity index (χ0v) is 35.4. The summed E-state index contributed by atoms with van der Waals surface area (Å²) in [6.07, 6.45) is 3.96. The lowest BCUT2D eigenvalue weighted by molar-refractivity contribution is -0.138. The minimum Gasteiger partial charge on any atom is -0.481 e. The van der Waals surface area contributed by atoms with Gasteiger partial charge in [0.15, 0.2) is 0 Å². The van der Waals surface area contributed by atoms with Crippen LogP contribution in [0.25, 0.3) is 0 Å². The molecule has 6 aliphatic rings. The molecule has 4 saturated heterocycles. The lowest BCUT2D eigenvalue weighted by atomic mass is 9.87. The van der Waals surface area contributed by atoms with E-state index in [9.17, 15) is 46.3 Å². The Balaban J connectivity index is 0.000000217. The fourth-order valence-electron chi connectivity index (χ4n) is 8.47. The number of imide groups is 2. The van der Waals surface area contributed by atoms with Gasteiger partial charge in [-0.15, -0.1) is 24.8 Å². The second kappa shape index (κ2) is 20.3. The van der Waals surface area contributed by atoms with Crippen molar-refractivity contribution < 1.29 is 51.4 Å². The number of halogens is 6. The lowest BCUT2D eigenvalue weighted by Gasteiger charge is -2.41. The van der Waals surface area contributed by atoms with Crippen LogP contribution in [0, 0.1) is 35.1 Å². The molecule has 7 amide bonds. The number of urea groups is 2. The zero-order valence-electron chi connectivity index (χ0n) is 33.7. The van der Waals surface area contributed by atoms with Crippen molar-refractivity contribution in [1.82, 2.24) is 31.5 Å². The van der Waals surface area contributed by atoms with Gasteiger partial charge in [0.1, 0.15) is 34.3 Å². The number of hydrogen-bond donors (Lipinski definition) is 6. The van der Waals surface area contributed by atoms with Crippen LogP contribution >= 0.6 is 24.8 Å². The summed E-state index contributed by atoms with van der Waals surface area (Å²) in [5, 5.41) is 21.6. The largest absolute Gasteiger partial charge is 0.481 e. The Hall–Kier alpha value is -4.88. The molecule has 0 unspecified atom stereocenters. The Morgan fingerprint density at radius 1 is 0.672 bits per heavy atom. The van der Waals surface area contributed by atoms with Crippen molar-refractivity contribution in [1.29, 1.82) is 0 Å². The predicted octanol–water partition coefficient (Wildman–Crippen LogP) is 4.22. The van der Waals surface area contributed by atoms with Crippen molar-refractivity contribution in [2.24, 2.45) is 11.8 Å². The summed E-state index contributed by atoms with van der Waals surface area (Å²) >= 11 is 0. The van der Waals surface area contributed by atoms with E-state index in [1.54, 1.807) is 4.90 Å². The standard InChI is InChI=1S/C20H24F2N4O3.C11H14F2N2.C9H12N2O4.2ClH/c1-12-11-25(6-7-26(12)16-9-14(21)8-15(22)10-16)17(27)4-5-20(13-2-3-13)18(28)23-19(29)24-20;1-8-7-14-2-3-15(8)11-5-9(12)4-10(13)6-11;12-6(13)3-4-9(5-1-2-5)7(14)10-8(15)11-9;;/h8-10,12-13H,2-7,11H2,1H3,(H2,23,24,28,29);4-6,8,14H,2-3,7H2,1H3;5H,1-4H2,(H,12,13)(H2,10,11,14,15);2*1H/t12-,20-;8-;9-;;/m000../s1. The molecule has 4 atom stereocenters. The van der Waals surface area contributed by atoms with E-state index < -0.39 is 52.4 Å². The SMILES string of the molecule is C[C@H]1CN(C(=O)CC[C@@]2(C3CC3)NC(=O)NC2=O)CCN1c1cc(F)cc(F)c1.C[C@H]1CNCCN1c1cc(F)cc(F)c1.Cl.Cl.O=C(O)CC[C@@]1(C2CC2)NC(=O)NC1=O. The third kappa shape index (κ3) is 11.7. The Bertz CT molecular complexity index is 1940. The van der Waals surface area contributed by atoms with Crippen molar-refractivity contribution in [2.75, 3.05) is 49.1 Å². The first-order chi connectivity index (χ1) is 28.0. The Morgan fingerprint density at radius 2 is 1.11 bits per heavy atom. The van der Waals surface area contributed by atoms with Gasteiger partial charge in [0, 0.05) is 87.7 Å². The molecule has 61 heavy (non-hydrogen) atoms. The van der Waals surface area contributed by atoms with E-state index in [-0.39, 0.29) is 92.1 Å². The number of aliphatic carboxylic acids is 1. The van der Waals surface area contributed by atoms with E-state index in [2.05, 4.69) is 26.6 Å². The highest BCUT2D eigenvalue weighted by atomic mass is 35.5. The lowest BCUT2D eigenvalue weighted by Crippen LogP contribution is -2.54. The maximum Gasteiger partial charge on any atom is 0.322 e. The topological polar surface area (TPSA) is 193 Å². The highest BCUT2D eigenvalue weighted by Gasteiger charge is 2.56. The molecule has 4 aliphatic heterocycles. The van der Waals surface area contributed by atoms with Gasteiger partial charge in [-0.1, -0.05) is 0 Å². The summed E-state index contributed by atoms with van der Waals surface area (Å²) in [4.78, 5) is 75.4. The van der Waals surface area contributed by atoms with Gasteiger partial charge in [-0.05, 0) is 88.5 Å². The van der Waals surface area contributed by atoms with E-state index >= 15 is 0 Å². The highest BCUT2D eigenvalue weighted by molar-refractivity contribution is 6.08. The number of nitrogens with one attached hydrogen (secondary N) is 5. The maximum absolute atomic E-state index is 13.5. The molecule has 6 fully saturated rings. The van der Waals surface area contributed by atoms with Gasteiger partial charge < -0.3 is 35.8 Å². The Morgan fingerprint density at radius 3 is 1.49 bits per heavy atom. The van der Waals surface area contributed by atoms with E-state index in [1.807, 2.05) is 23.6 Å². The van der Waals surface area contributed by atoms with Crippen LogP contribution in [-0.4, -0.2) is 108 Å². The van der Waals surface area contributed by atoms with Crippen LogP contribution in [0.3, 0.4) is 0 Å². The van der Waals surface area contributed by atoms with Crippen molar-refractivity contribution in [3.8, 4) is 0 Å². The summed E-state index contributed by atoms with van der Waals surface area (Å²) in [5.74, 6) is -3.88. The number of carboxylic acids is 1. The number of nitrogens with zero attached hydrogens (tertiary/aromatic N) is 3. The van der Waals surface area contributed by atoms with E-state index in [1.165, 1.54) is 24.3 Å². The summed E-state index contributed by atoms with van der Waals surface area (Å²) < 4.78 is 53.1. The molecule has 4 heterocycles. The number of benzene rings is 2. The van der Waals surface area contributed by atoms with Crippen molar-refractivity contribution in [3.63, 3.8) is 0 Å². The Labute approximate surface area is 362 Å². The van der Waals surface area contributed by atoms with Gasteiger partial charge in [0.05, 0.1) is 0 Å². The smallest absolute Gasteiger partial charge is 0.322 e. The molecule has 2 saturated carbocycles. The number of anilines is 2. The first-order valence-corrected chi connectivity index (χ1v) is 19.9. The van der Waals surface area contributed by atoms with Crippen molar-refractivity contribution in [3.05, 3.63) is 59.7 Å². The quantitative estimate of drug-likeness (QED) is 0.149. The third-order valence-corrected chi connectivity index (χ3v) is 11.8. The highest BCUT2D eigenvalue weighted by Crippen LogP contribution is 2.44. The monoisotopic (exact) mass is 902 g/mol. The zero-order chi connectivity index (χ0) is 42.6. The van der Waals surface area contributed by atoms with Crippen LogP contribution in [0.15, 0.2) is 36.4 Å². The van der Waals surface area contributed by atoms with Gasteiger partial charge in [0.2, 0.25) is 5.91 Å². The van der Waals surface area contributed by atoms with Gasteiger partial charge in [-0.25, -0.2) is 27.2 Å². The minimum absolute atomic E-state index is 0. The molecular formula is C40H52Cl2F4N8O7. The average Bonchev–Trinajstić information content (AvgIpc) is 4.10. The molecule has 0 bridgehead atoms. The molecule has 2 aromatic rings. The first-order valence-electron chi connectivity index (χ1n) is 19.9. The normalized spacial score (nSPS) is 25.6. The molecule has 0 spiro atoms. The number of piperazine rings is 2. The molecule has 2 aromatic carbocycles. The van der Waals surface area contributed by atoms with Crippen LogP contribution in [0.2, 0.25) is 0 Å². The maximum atomic E-state index is 13.5. The Kier molecular flexibility index (Phi) is 16.3. The molecule has 6 N–H and O–H groups in total. The predicted molar refractivity (Wildman–Crippen MR) is 221 cm³/mol.